The van der Waals surface area contributed by atoms with Gasteiger partial charge in [-0.3, -0.25) is 4.55 Å². The van der Waals surface area contributed by atoms with E-state index in [1.807, 2.05) is 0 Å². The second kappa shape index (κ2) is 4.14. The molecule has 1 N–H and O–H groups in total. The summed E-state index contributed by atoms with van der Waals surface area (Å²) in [6, 6.07) is 2.65. The van der Waals surface area contributed by atoms with Crippen molar-refractivity contribution in [2.45, 2.75) is 4.90 Å². The van der Waals surface area contributed by atoms with Gasteiger partial charge in [0.15, 0.2) is 9.87 Å². The fourth-order valence-electron chi connectivity index (χ4n) is 1.04. The Hall–Kier alpha value is -1.17. The lowest BCUT2D eigenvalue weighted by Crippen LogP contribution is -2.02. The second-order valence-electron chi connectivity index (χ2n) is 2.50. The number of hydrogen-bond donors (Lipinski definition) is 1. The van der Waals surface area contributed by atoms with Crippen LogP contribution in [-0.4, -0.2) is 20.1 Å². The first kappa shape index (κ1) is 11.9. The molecular weight excluding hydrogens is 288 g/mol. The van der Waals surface area contributed by atoms with Gasteiger partial charge in [0.1, 0.15) is 0 Å². The quantitative estimate of drug-likeness (QED) is 0.666. The number of hydrogen-bond acceptors (Lipinski definition) is 4. The van der Waals surface area contributed by atoms with Crippen LogP contribution in [0.4, 0.5) is 5.69 Å². The first-order chi connectivity index (χ1) is 6.91. The van der Waals surface area contributed by atoms with Gasteiger partial charge in [-0.25, -0.2) is 0 Å². The molecule has 0 saturated heterocycles. The van der Waals surface area contributed by atoms with E-state index in [2.05, 4.69) is 20.9 Å². The maximum Gasteiger partial charge on any atom is 0.427 e. The number of nitrogens with zero attached hydrogens (tertiary/aromatic N) is 2. The average Bonchev–Trinajstić information content (AvgIpc) is 2.15. The van der Waals surface area contributed by atoms with Crippen LogP contribution in [0.1, 0.15) is 0 Å². The summed E-state index contributed by atoms with van der Waals surface area (Å²) >= 11 is 2.94. The molecule has 0 aromatic heterocycles. The van der Waals surface area contributed by atoms with Gasteiger partial charge in [-0.1, -0.05) is 0 Å². The molecule has 0 atom stereocenters. The van der Waals surface area contributed by atoms with Gasteiger partial charge < -0.3 is 4.74 Å². The van der Waals surface area contributed by atoms with Crippen LogP contribution in [0.5, 0.6) is 5.75 Å². The molecule has 1 rings (SSSR count). The van der Waals surface area contributed by atoms with E-state index >= 15 is 0 Å². The molecular formula is C7H6BrN2O4S+. The molecule has 0 heterocycles. The van der Waals surface area contributed by atoms with Gasteiger partial charge in [0.25, 0.3) is 10.1 Å². The molecule has 0 amide bonds. The number of halogens is 1. The Morgan fingerprint density at radius 3 is 2.53 bits per heavy atom. The molecule has 0 fully saturated rings. The van der Waals surface area contributed by atoms with Crippen molar-refractivity contribution in [3.63, 3.8) is 0 Å². The zero-order valence-electron chi connectivity index (χ0n) is 7.51. The molecule has 0 bridgehead atoms. The van der Waals surface area contributed by atoms with Crippen LogP contribution >= 0.6 is 15.9 Å². The van der Waals surface area contributed by atoms with E-state index in [9.17, 15) is 8.42 Å². The van der Waals surface area contributed by atoms with Crippen molar-refractivity contribution in [1.82, 2.24) is 0 Å². The van der Waals surface area contributed by atoms with Crippen molar-refractivity contribution >= 4 is 31.7 Å². The Bertz CT molecular complexity index is 535. The second-order valence-corrected chi connectivity index (χ2v) is 4.72. The van der Waals surface area contributed by atoms with E-state index in [4.69, 9.17) is 14.7 Å². The highest BCUT2D eigenvalue weighted by molar-refractivity contribution is 9.10. The summed E-state index contributed by atoms with van der Waals surface area (Å²) in [4.78, 5) is 2.36. The number of methoxy groups -OCH3 is 1. The molecule has 6 nitrogen and oxygen atoms in total. The van der Waals surface area contributed by atoms with Crippen LogP contribution in [0, 0.1) is 5.39 Å². The monoisotopic (exact) mass is 293 g/mol. The lowest BCUT2D eigenvalue weighted by Gasteiger charge is -2.04. The molecule has 0 aliphatic heterocycles. The Kier molecular flexibility index (Phi) is 3.28. The molecule has 0 spiro atoms. The van der Waals surface area contributed by atoms with Crippen LogP contribution in [0.3, 0.4) is 0 Å². The third kappa shape index (κ3) is 2.26. The first-order valence-electron chi connectivity index (χ1n) is 3.61. The van der Waals surface area contributed by atoms with E-state index in [0.29, 0.717) is 0 Å². The van der Waals surface area contributed by atoms with Gasteiger partial charge in [-0.15, -0.1) is 0 Å². The van der Waals surface area contributed by atoms with Crippen molar-refractivity contribution in [2.75, 3.05) is 7.11 Å². The normalized spacial score (nSPS) is 10.8. The molecule has 8 heteroatoms. The average molecular weight is 294 g/mol. The summed E-state index contributed by atoms with van der Waals surface area (Å²) in [6.07, 6.45) is 0. The minimum atomic E-state index is -4.45. The van der Waals surface area contributed by atoms with E-state index in [0.717, 1.165) is 0 Å². The molecule has 0 saturated carbocycles. The fraction of sp³-hybridized carbons (Fsp3) is 0.143. The lowest BCUT2D eigenvalue weighted by molar-refractivity contribution is 0.399. The molecule has 15 heavy (non-hydrogen) atoms. The van der Waals surface area contributed by atoms with Crippen molar-refractivity contribution in [2.24, 2.45) is 0 Å². The zero-order valence-corrected chi connectivity index (χ0v) is 9.91. The number of rotatable bonds is 2. The maximum atomic E-state index is 11.0. The van der Waals surface area contributed by atoms with E-state index in [-0.39, 0.29) is 15.9 Å². The van der Waals surface area contributed by atoms with Gasteiger partial charge in [0.2, 0.25) is 11.1 Å². The van der Waals surface area contributed by atoms with Gasteiger partial charge in [-0.05, 0) is 22.0 Å². The zero-order chi connectivity index (χ0) is 11.6. The summed E-state index contributed by atoms with van der Waals surface area (Å²) in [5.41, 5.74) is -0.0895. The minimum Gasteiger partial charge on any atom is -0.488 e. The Labute approximate surface area is 94.4 Å². The summed E-state index contributed by atoms with van der Waals surface area (Å²) in [5, 5.41) is 8.58. The minimum absolute atomic E-state index is 0.0895. The highest BCUT2D eigenvalue weighted by Crippen LogP contribution is 2.39. The van der Waals surface area contributed by atoms with E-state index < -0.39 is 15.0 Å². The van der Waals surface area contributed by atoms with Crippen molar-refractivity contribution in [3.8, 4) is 5.75 Å². The maximum absolute atomic E-state index is 11.0. The number of benzene rings is 1. The third-order valence-corrected chi connectivity index (χ3v) is 3.46. The lowest BCUT2D eigenvalue weighted by atomic mass is 10.3. The van der Waals surface area contributed by atoms with Crippen LogP contribution in [0.2, 0.25) is 0 Å². The molecule has 1 aromatic carbocycles. The molecule has 0 radical (unpaired) electrons. The predicted molar refractivity (Wildman–Crippen MR) is 55.3 cm³/mol. The highest BCUT2D eigenvalue weighted by Gasteiger charge is 2.29. The van der Waals surface area contributed by atoms with Crippen LogP contribution < -0.4 is 4.74 Å². The number of ether oxygens (including phenoxy) is 1. The van der Waals surface area contributed by atoms with Gasteiger partial charge in [0.05, 0.1) is 7.11 Å². The van der Waals surface area contributed by atoms with Crippen LogP contribution in [0.25, 0.3) is 4.98 Å². The van der Waals surface area contributed by atoms with Crippen LogP contribution in [0.15, 0.2) is 21.5 Å². The molecule has 0 aliphatic carbocycles. The largest absolute Gasteiger partial charge is 0.488 e. The van der Waals surface area contributed by atoms with Crippen molar-refractivity contribution < 1.29 is 17.7 Å². The van der Waals surface area contributed by atoms with E-state index in [1.165, 1.54) is 19.2 Å². The molecule has 0 unspecified atom stereocenters. The standard InChI is InChI=1S/C7H5BrN2O4S/c1-14-6-5(10-9)3-2-4(8)7(6)15(11,12)13/h2-3H,1H3/p+1. The van der Waals surface area contributed by atoms with Crippen LogP contribution in [-0.2, 0) is 10.1 Å². The van der Waals surface area contributed by atoms with Gasteiger partial charge in [-0.2, -0.15) is 8.42 Å². The van der Waals surface area contributed by atoms with Gasteiger partial charge >= 0.3 is 5.69 Å². The van der Waals surface area contributed by atoms with E-state index in [1.54, 1.807) is 0 Å². The Balaban J connectivity index is 3.71. The summed E-state index contributed by atoms with van der Waals surface area (Å²) in [5.74, 6) is -0.227. The van der Waals surface area contributed by atoms with Gasteiger partial charge in [0, 0.05) is 10.5 Å². The molecule has 0 aliphatic rings. The smallest absolute Gasteiger partial charge is 0.427 e. The summed E-state index contributed by atoms with van der Waals surface area (Å²) in [7, 11) is -3.25. The Morgan fingerprint density at radius 1 is 1.53 bits per heavy atom. The topological polar surface area (TPSA) is 91.8 Å². The molecule has 80 valence electrons. The van der Waals surface area contributed by atoms with Crippen molar-refractivity contribution in [3.05, 3.63) is 21.6 Å². The highest BCUT2D eigenvalue weighted by atomic mass is 79.9. The third-order valence-electron chi connectivity index (χ3n) is 1.61. The summed E-state index contributed by atoms with van der Waals surface area (Å²) in [6.45, 7) is 0. The Morgan fingerprint density at radius 2 is 2.13 bits per heavy atom. The summed E-state index contributed by atoms with van der Waals surface area (Å²) < 4.78 is 35.9. The fourth-order valence-corrected chi connectivity index (χ4v) is 2.71. The number of diazo groups is 1. The van der Waals surface area contributed by atoms with Crippen molar-refractivity contribution in [1.29, 1.82) is 5.39 Å². The first-order valence-corrected chi connectivity index (χ1v) is 5.84. The SMILES string of the molecule is COc1c([N+]#N)ccc(Br)c1S(=O)(=O)O. The molecule has 1 aromatic rings. The predicted octanol–water partition coefficient (Wildman–Crippen LogP) is 2.19.